The van der Waals surface area contributed by atoms with E-state index < -0.39 is 0 Å². The Hall–Kier alpha value is -1.74. The van der Waals surface area contributed by atoms with Crippen molar-refractivity contribution in [3.05, 3.63) is 54.0 Å². The number of hydrogen-bond acceptors (Lipinski definition) is 3. The third-order valence-electron chi connectivity index (χ3n) is 2.77. The van der Waals surface area contributed by atoms with E-state index in [1.807, 2.05) is 30.3 Å². The minimum atomic E-state index is 0.219. The summed E-state index contributed by atoms with van der Waals surface area (Å²) in [4.78, 5) is 0. The average molecular weight is 231 g/mol. The maximum atomic E-state index is 5.34. The molecule has 0 saturated carbocycles. The van der Waals surface area contributed by atoms with Crippen molar-refractivity contribution in [3.63, 3.8) is 0 Å². The first-order valence-electron chi connectivity index (χ1n) is 5.70. The van der Waals surface area contributed by atoms with Gasteiger partial charge in [-0.25, -0.2) is 0 Å². The summed E-state index contributed by atoms with van der Waals surface area (Å²) in [7, 11) is 1.69. The quantitative estimate of drug-likeness (QED) is 0.858. The molecule has 2 aromatic rings. The van der Waals surface area contributed by atoms with E-state index in [4.69, 9.17) is 9.15 Å². The van der Waals surface area contributed by atoms with Gasteiger partial charge < -0.3 is 14.5 Å². The van der Waals surface area contributed by atoms with Crippen molar-refractivity contribution in [3.8, 4) is 5.75 Å². The Bertz CT molecular complexity index is 451. The molecule has 1 heterocycles. The molecule has 0 spiro atoms. The second kappa shape index (κ2) is 5.55. The summed E-state index contributed by atoms with van der Waals surface area (Å²) in [5.74, 6) is 1.85. The minimum absolute atomic E-state index is 0.219. The van der Waals surface area contributed by atoms with E-state index in [0.717, 1.165) is 17.1 Å². The van der Waals surface area contributed by atoms with Crippen LogP contribution in [0.5, 0.6) is 5.75 Å². The smallest absolute Gasteiger partial charge is 0.123 e. The molecule has 0 bridgehead atoms. The molecule has 1 aromatic heterocycles. The molecule has 0 saturated heterocycles. The monoisotopic (exact) mass is 231 g/mol. The number of benzene rings is 1. The van der Waals surface area contributed by atoms with Gasteiger partial charge in [0.15, 0.2) is 0 Å². The number of rotatable bonds is 5. The lowest BCUT2D eigenvalue weighted by atomic mass is 10.1. The van der Waals surface area contributed by atoms with E-state index in [9.17, 15) is 0 Å². The van der Waals surface area contributed by atoms with Gasteiger partial charge in [-0.3, -0.25) is 0 Å². The van der Waals surface area contributed by atoms with Crippen molar-refractivity contribution in [1.82, 2.24) is 5.32 Å². The van der Waals surface area contributed by atoms with Crippen LogP contribution in [-0.2, 0) is 6.54 Å². The Morgan fingerprint density at radius 1 is 1.24 bits per heavy atom. The van der Waals surface area contributed by atoms with Gasteiger partial charge in [0.2, 0.25) is 0 Å². The predicted molar refractivity (Wildman–Crippen MR) is 67.0 cm³/mol. The van der Waals surface area contributed by atoms with Crippen LogP contribution < -0.4 is 10.1 Å². The zero-order chi connectivity index (χ0) is 12.1. The second-order valence-corrected chi connectivity index (χ2v) is 3.92. The average Bonchev–Trinajstić information content (AvgIpc) is 2.89. The maximum absolute atomic E-state index is 5.34. The fourth-order valence-electron chi connectivity index (χ4n) is 1.80. The molecular weight excluding hydrogens is 214 g/mol. The summed E-state index contributed by atoms with van der Waals surface area (Å²) in [6.45, 7) is 2.83. The van der Waals surface area contributed by atoms with E-state index in [0.29, 0.717) is 6.54 Å². The molecule has 3 heteroatoms. The van der Waals surface area contributed by atoms with Crippen molar-refractivity contribution < 1.29 is 9.15 Å². The van der Waals surface area contributed by atoms with Gasteiger partial charge in [0.1, 0.15) is 11.5 Å². The van der Waals surface area contributed by atoms with Crippen LogP contribution in [0, 0.1) is 0 Å². The van der Waals surface area contributed by atoms with Gasteiger partial charge in [-0.1, -0.05) is 18.2 Å². The Morgan fingerprint density at radius 2 is 2.06 bits per heavy atom. The zero-order valence-electron chi connectivity index (χ0n) is 10.1. The largest absolute Gasteiger partial charge is 0.496 e. The van der Waals surface area contributed by atoms with Gasteiger partial charge in [-0.2, -0.15) is 0 Å². The third kappa shape index (κ3) is 2.88. The van der Waals surface area contributed by atoms with Gasteiger partial charge in [-0.15, -0.1) is 0 Å². The minimum Gasteiger partial charge on any atom is -0.496 e. The molecule has 90 valence electrons. The van der Waals surface area contributed by atoms with Crippen LogP contribution in [0.25, 0.3) is 0 Å². The number of para-hydroxylation sites is 1. The summed E-state index contributed by atoms with van der Waals surface area (Å²) in [6.07, 6.45) is 1.69. The number of nitrogens with one attached hydrogen (secondary N) is 1. The summed E-state index contributed by atoms with van der Waals surface area (Å²) >= 11 is 0. The highest BCUT2D eigenvalue weighted by Crippen LogP contribution is 2.24. The molecule has 1 unspecified atom stereocenters. The van der Waals surface area contributed by atoms with Crippen molar-refractivity contribution in [1.29, 1.82) is 0 Å². The fraction of sp³-hybridized carbons (Fsp3) is 0.286. The molecule has 3 nitrogen and oxygen atoms in total. The van der Waals surface area contributed by atoms with E-state index >= 15 is 0 Å². The van der Waals surface area contributed by atoms with Crippen LogP contribution >= 0.6 is 0 Å². The van der Waals surface area contributed by atoms with Gasteiger partial charge in [0, 0.05) is 11.6 Å². The SMILES string of the molecule is COc1ccccc1C(C)NCc1ccco1. The highest BCUT2D eigenvalue weighted by Gasteiger charge is 2.10. The summed E-state index contributed by atoms with van der Waals surface area (Å²) in [5.41, 5.74) is 1.15. The molecule has 1 aromatic carbocycles. The number of methoxy groups -OCH3 is 1. The van der Waals surface area contributed by atoms with E-state index in [1.165, 1.54) is 0 Å². The highest BCUT2D eigenvalue weighted by molar-refractivity contribution is 5.35. The third-order valence-corrected chi connectivity index (χ3v) is 2.77. The Labute approximate surface area is 101 Å². The molecule has 0 aliphatic rings. The standard InChI is InChI=1S/C14H17NO2/c1-11(15-10-12-6-5-9-17-12)13-7-3-4-8-14(13)16-2/h3-9,11,15H,10H2,1-2H3. The van der Waals surface area contributed by atoms with Gasteiger partial charge >= 0.3 is 0 Å². The lowest BCUT2D eigenvalue weighted by Gasteiger charge is -2.16. The molecule has 0 aliphatic heterocycles. The lowest BCUT2D eigenvalue weighted by molar-refractivity contribution is 0.398. The van der Waals surface area contributed by atoms with Gasteiger partial charge in [0.25, 0.3) is 0 Å². The summed E-state index contributed by atoms with van der Waals surface area (Å²) in [6, 6.07) is 12.1. The number of furan rings is 1. The molecule has 1 N–H and O–H groups in total. The first-order chi connectivity index (χ1) is 8.31. The zero-order valence-corrected chi connectivity index (χ0v) is 10.1. The van der Waals surface area contributed by atoms with Crippen LogP contribution in [0.4, 0.5) is 0 Å². The van der Waals surface area contributed by atoms with Crippen molar-refractivity contribution in [2.75, 3.05) is 7.11 Å². The first-order valence-corrected chi connectivity index (χ1v) is 5.70. The molecular formula is C14H17NO2. The number of hydrogen-bond donors (Lipinski definition) is 1. The topological polar surface area (TPSA) is 34.4 Å². The lowest BCUT2D eigenvalue weighted by Crippen LogP contribution is -2.18. The Balaban J connectivity index is 2.01. The van der Waals surface area contributed by atoms with Crippen LogP contribution in [0.15, 0.2) is 47.1 Å². The molecule has 0 amide bonds. The van der Waals surface area contributed by atoms with E-state index in [1.54, 1.807) is 13.4 Å². The normalized spacial score (nSPS) is 12.4. The fourth-order valence-corrected chi connectivity index (χ4v) is 1.80. The highest BCUT2D eigenvalue weighted by atomic mass is 16.5. The molecule has 2 rings (SSSR count). The maximum Gasteiger partial charge on any atom is 0.123 e. The van der Waals surface area contributed by atoms with Crippen LogP contribution in [0.2, 0.25) is 0 Å². The van der Waals surface area contributed by atoms with E-state index in [2.05, 4.69) is 18.3 Å². The molecule has 0 radical (unpaired) electrons. The Kier molecular flexibility index (Phi) is 3.83. The predicted octanol–water partition coefficient (Wildman–Crippen LogP) is 3.14. The molecule has 1 atom stereocenters. The second-order valence-electron chi connectivity index (χ2n) is 3.92. The number of ether oxygens (including phenoxy) is 1. The molecule has 17 heavy (non-hydrogen) atoms. The van der Waals surface area contributed by atoms with Gasteiger partial charge in [-0.05, 0) is 25.1 Å². The van der Waals surface area contributed by atoms with E-state index in [-0.39, 0.29) is 6.04 Å². The van der Waals surface area contributed by atoms with Gasteiger partial charge in [0.05, 0.1) is 19.9 Å². The van der Waals surface area contributed by atoms with Crippen molar-refractivity contribution in [2.45, 2.75) is 19.5 Å². The van der Waals surface area contributed by atoms with Crippen LogP contribution in [0.3, 0.4) is 0 Å². The van der Waals surface area contributed by atoms with Crippen molar-refractivity contribution in [2.24, 2.45) is 0 Å². The van der Waals surface area contributed by atoms with Crippen LogP contribution in [-0.4, -0.2) is 7.11 Å². The van der Waals surface area contributed by atoms with Crippen molar-refractivity contribution >= 4 is 0 Å². The van der Waals surface area contributed by atoms with Crippen LogP contribution in [0.1, 0.15) is 24.3 Å². The summed E-state index contributed by atoms with van der Waals surface area (Å²) in [5, 5.41) is 3.40. The summed E-state index contributed by atoms with van der Waals surface area (Å²) < 4.78 is 10.6. The molecule has 0 aliphatic carbocycles. The molecule has 0 fully saturated rings. The Morgan fingerprint density at radius 3 is 2.76 bits per heavy atom. The first kappa shape index (κ1) is 11.7.